The summed E-state index contributed by atoms with van der Waals surface area (Å²) in [5, 5.41) is 17.5. The number of nitrogens with zero attached hydrogens (tertiary/aromatic N) is 1. The van der Waals surface area contributed by atoms with Gasteiger partial charge in [0.25, 0.3) is 0 Å². The lowest BCUT2D eigenvalue weighted by molar-refractivity contribution is -0.137. The molecule has 0 fully saturated rings. The van der Waals surface area contributed by atoms with Crippen LogP contribution in [0.2, 0.25) is 0 Å². The maximum Gasteiger partial charge on any atom is 0.305 e. The molecule has 5 nitrogen and oxygen atoms in total. The molecule has 2 N–H and O–H groups in total. The second-order valence-corrected chi connectivity index (χ2v) is 4.54. The smallest absolute Gasteiger partial charge is 0.305 e. The monoisotopic (exact) mass is 265 g/mol. The molecule has 0 spiro atoms. The molecule has 0 radical (unpaired) electrons. The molecule has 19 heavy (non-hydrogen) atoms. The Balaban J connectivity index is 2.83. The van der Waals surface area contributed by atoms with E-state index in [0.717, 1.165) is 16.8 Å². The lowest BCUT2D eigenvalue weighted by Crippen LogP contribution is -2.28. The highest BCUT2D eigenvalue weighted by Crippen LogP contribution is 2.19. The van der Waals surface area contributed by atoms with Crippen molar-refractivity contribution in [2.75, 3.05) is 18.0 Å². The zero-order valence-electron chi connectivity index (χ0n) is 11.2. The van der Waals surface area contributed by atoms with Crippen LogP contribution in [0.15, 0.2) is 18.2 Å². The van der Waals surface area contributed by atoms with Crippen LogP contribution in [0.4, 0.5) is 5.69 Å². The second kappa shape index (κ2) is 6.78. The van der Waals surface area contributed by atoms with Gasteiger partial charge >= 0.3 is 11.9 Å². The van der Waals surface area contributed by atoms with Crippen molar-refractivity contribution < 1.29 is 19.8 Å². The minimum atomic E-state index is -0.885. The van der Waals surface area contributed by atoms with E-state index in [9.17, 15) is 9.59 Å². The number of hydrogen-bond acceptors (Lipinski definition) is 3. The molecule has 0 bridgehead atoms. The van der Waals surface area contributed by atoms with Crippen LogP contribution in [0.3, 0.4) is 0 Å². The van der Waals surface area contributed by atoms with Gasteiger partial charge in [0, 0.05) is 18.8 Å². The third kappa shape index (κ3) is 4.99. The highest BCUT2D eigenvalue weighted by atomic mass is 16.4. The normalized spacial score (nSPS) is 10.2. The van der Waals surface area contributed by atoms with Gasteiger partial charge in [0.05, 0.1) is 12.8 Å². The van der Waals surface area contributed by atoms with Crippen molar-refractivity contribution in [1.29, 1.82) is 0 Å². The van der Waals surface area contributed by atoms with E-state index in [-0.39, 0.29) is 12.8 Å². The molecule has 0 aliphatic rings. The fourth-order valence-electron chi connectivity index (χ4n) is 1.75. The minimum absolute atomic E-state index is 0.00740. The van der Waals surface area contributed by atoms with Gasteiger partial charge in [-0.05, 0) is 37.1 Å². The van der Waals surface area contributed by atoms with E-state index in [0.29, 0.717) is 13.1 Å². The van der Waals surface area contributed by atoms with Crippen LogP contribution < -0.4 is 4.90 Å². The van der Waals surface area contributed by atoms with Crippen molar-refractivity contribution in [3.63, 3.8) is 0 Å². The Hall–Kier alpha value is -2.04. The van der Waals surface area contributed by atoms with Crippen molar-refractivity contribution in [3.05, 3.63) is 29.3 Å². The Labute approximate surface area is 112 Å². The van der Waals surface area contributed by atoms with Crippen LogP contribution in [-0.2, 0) is 9.59 Å². The number of carboxylic acid groups (broad SMARTS) is 2. The second-order valence-electron chi connectivity index (χ2n) is 4.54. The first kappa shape index (κ1) is 15.0. The van der Waals surface area contributed by atoms with E-state index < -0.39 is 11.9 Å². The molecule has 0 heterocycles. The number of carbonyl (C=O) groups is 2. The molecule has 0 amide bonds. The summed E-state index contributed by atoms with van der Waals surface area (Å²) in [6.45, 7) is 4.60. The summed E-state index contributed by atoms with van der Waals surface area (Å²) in [6.07, 6.45) is -0.0148. The standard InChI is InChI=1S/C14H19NO4/c1-10-3-4-12(9-11(10)2)15(7-5-13(16)17)8-6-14(18)19/h3-4,9H,5-8H2,1-2H3,(H,16,17)(H,18,19). The van der Waals surface area contributed by atoms with Crippen LogP contribution in [0.5, 0.6) is 0 Å². The van der Waals surface area contributed by atoms with Gasteiger partial charge in [0.1, 0.15) is 0 Å². The van der Waals surface area contributed by atoms with Crippen molar-refractivity contribution >= 4 is 17.6 Å². The lowest BCUT2D eigenvalue weighted by atomic mass is 10.1. The number of anilines is 1. The molecular formula is C14H19NO4. The van der Waals surface area contributed by atoms with Gasteiger partial charge in [-0.15, -0.1) is 0 Å². The third-order valence-electron chi connectivity index (χ3n) is 3.05. The Morgan fingerprint density at radius 3 is 1.95 bits per heavy atom. The van der Waals surface area contributed by atoms with E-state index in [4.69, 9.17) is 10.2 Å². The maximum atomic E-state index is 10.7. The number of carboxylic acids is 2. The molecule has 0 unspecified atom stereocenters. The van der Waals surface area contributed by atoms with Crippen LogP contribution in [-0.4, -0.2) is 35.2 Å². The van der Waals surface area contributed by atoms with Gasteiger partial charge in [0.15, 0.2) is 0 Å². The lowest BCUT2D eigenvalue weighted by Gasteiger charge is -2.24. The Bertz CT molecular complexity index is 453. The molecule has 0 aromatic heterocycles. The van der Waals surface area contributed by atoms with Gasteiger partial charge in [-0.25, -0.2) is 0 Å². The van der Waals surface area contributed by atoms with Crippen molar-refractivity contribution in [3.8, 4) is 0 Å². The highest BCUT2D eigenvalue weighted by molar-refractivity contribution is 5.69. The van der Waals surface area contributed by atoms with Crippen molar-refractivity contribution in [1.82, 2.24) is 0 Å². The van der Waals surface area contributed by atoms with Crippen molar-refractivity contribution in [2.45, 2.75) is 26.7 Å². The quantitative estimate of drug-likeness (QED) is 0.789. The van der Waals surface area contributed by atoms with Crippen LogP contribution in [0, 0.1) is 13.8 Å². The van der Waals surface area contributed by atoms with Crippen LogP contribution in [0.1, 0.15) is 24.0 Å². The molecule has 0 aliphatic carbocycles. The summed E-state index contributed by atoms with van der Waals surface area (Å²) in [6, 6.07) is 5.81. The fraction of sp³-hybridized carbons (Fsp3) is 0.429. The maximum absolute atomic E-state index is 10.7. The summed E-state index contributed by atoms with van der Waals surface area (Å²) in [5.74, 6) is -1.77. The molecular weight excluding hydrogens is 246 g/mol. The Kier molecular flexibility index (Phi) is 5.36. The predicted octanol–water partition coefficient (Wildman–Crippen LogP) is 2.06. The van der Waals surface area contributed by atoms with E-state index in [1.807, 2.05) is 32.0 Å². The first-order chi connectivity index (χ1) is 8.90. The van der Waals surface area contributed by atoms with Gasteiger partial charge in [-0.3, -0.25) is 9.59 Å². The highest BCUT2D eigenvalue weighted by Gasteiger charge is 2.11. The van der Waals surface area contributed by atoms with Gasteiger partial charge < -0.3 is 15.1 Å². The zero-order chi connectivity index (χ0) is 14.4. The van der Waals surface area contributed by atoms with Gasteiger partial charge in [-0.1, -0.05) is 6.07 Å². The molecule has 0 saturated carbocycles. The first-order valence-electron chi connectivity index (χ1n) is 6.16. The number of benzene rings is 1. The summed E-state index contributed by atoms with van der Waals surface area (Å²) in [4.78, 5) is 23.1. The third-order valence-corrected chi connectivity index (χ3v) is 3.05. The summed E-state index contributed by atoms with van der Waals surface area (Å²) >= 11 is 0. The molecule has 0 atom stereocenters. The first-order valence-corrected chi connectivity index (χ1v) is 6.16. The summed E-state index contributed by atoms with van der Waals surface area (Å²) in [7, 11) is 0. The molecule has 1 aromatic rings. The van der Waals surface area contributed by atoms with Crippen molar-refractivity contribution in [2.24, 2.45) is 0 Å². The average Bonchev–Trinajstić information content (AvgIpc) is 2.32. The topological polar surface area (TPSA) is 77.8 Å². The number of hydrogen-bond donors (Lipinski definition) is 2. The van der Waals surface area contributed by atoms with E-state index >= 15 is 0 Å². The Morgan fingerprint density at radius 1 is 1.00 bits per heavy atom. The number of rotatable bonds is 7. The average molecular weight is 265 g/mol. The fourth-order valence-corrected chi connectivity index (χ4v) is 1.75. The number of aliphatic carboxylic acids is 2. The molecule has 104 valence electrons. The summed E-state index contributed by atoms with van der Waals surface area (Å²) in [5.41, 5.74) is 3.12. The molecule has 0 saturated heterocycles. The van der Waals surface area contributed by atoms with Gasteiger partial charge in [-0.2, -0.15) is 0 Å². The number of aryl methyl sites for hydroxylation is 2. The minimum Gasteiger partial charge on any atom is -0.481 e. The van der Waals surface area contributed by atoms with Crippen LogP contribution in [0.25, 0.3) is 0 Å². The predicted molar refractivity (Wildman–Crippen MR) is 72.6 cm³/mol. The molecule has 0 aliphatic heterocycles. The Morgan fingerprint density at radius 2 is 1.53 bits per heavy atom. The molecule has 1 aromatic carbocycles. The molecule has 5 heteroatoms. The van der Waals surface area contributed by atoms with Crippen LogP contribution >= 0.6 is 0 Å². The molecule has 1 rings (SSSR count). The van der Waals surface area contributed by atoms with E-state index in [2.05, 4.69) is 0 Å². The zero-order valence-corrected chi connectivity index (χ0v) is 11.2. The van der Waals surface area contributed by atoms with E-state index in [1.54, 1.807) is 4.90 Å². The SMILES string of the molecule is Cc1ccc(N(CCC(=O)O)CCC(=O)O)cc1C. The van der Waals surface area contributed by atoms with Gasteiger partial charge in [0.2, 0.25) is 0 Å². The van der Waals surface area contributed by atoms with E-state index in [1.165, 1.54) is 0 Å². The summed E-state index contributed by atoms with van der Waals surface area (Å²) < 4.78 is 0. The largest absolute Gasteiger partial charge is 0.481 e.